The van der Waals surface area contributed by atoms with Gasteiger partial charge in [0.15, 0.2) is 0 Å². The number of hydrogen-bond donors (Lipinski definition) is 0. The van der Waals surface area contributed by atoms with Gasteiger partial charge in [-0.05, 0) is 26.0 Å². The predicted octanol–water partition coefficient (Wildman–Crippen LogP) is 3.01. The second-order valence-electron chi connectivity index (χ2n) is 3.99. The van der Waals surface area contributed by atoms with Crippen molar-refractivity contribution in [2.45, 2.75) is 19.3 Å². The van der Waals surface area contributed by atoms with Crippen LogP contribution >= 0.6 is 11.3 Å². The van der Waals surface area contributed by atoms with Crippen LogP contribution in [-0.2, 0) is 5.41 Å². The summed E-state index contributed by atoms with van der Waals surface area (Å²) in [6.45, 7) is 3.74. The maximum absolute atomic E-state index is 9.03. The van der Waals surface area contributed by atoms with Gasteiger partial charge in [0.2, 0.25) is 0 Å². The maximum atomic E-state index is 9.03. The predicted molar refractivity (Wildman–Crippen MR) is 64.0 cm³/mol. The Morgan fingerprint density at radius 3 is 2.75 bits per heavy atom. The van der Waals surface area contributed by atoms with Crippen molar-refractivity contribution in [1.82, 2.24) is 9.97 Å². The molecular formula is C12H11N3S. The minimum absolute atomic E-state index is 0.530. The van der Waals surface area contributed by atoms with Crippen molar-refractivity contribution in [3.8, 4) is 17.5 Å². The number of nitrogens with zero attached hydrogens (tertiary/aromatic N) is 3. The van der Waals surface area contributed by atoms with Crippen LogP contribution in [0.15, 0.2) is 29.8 Å². The molecule has 0 bridgehead atoms. The first-order valence-electron chi connectivity index (χ1n) is 4.92. The van der Waals surface area contributed by atoms with E-state index in [1.807, 2.05) is 37.4 Å². The molecule has 0 amide bonds. The van der Waals surface area contributed by atoms with Crippen LogP contribution in [0.1, 0.15) is 18.9 Å². The van der Waals surface area contributed by atoms with Gasteiger partial charge in [0.05, 0.1) is 17.5 Å². The third-order valence-corrected chi connectivity index (χ3v) is 3.41. The first kappa shape index (κ1) is 10.8. The zero-order valence-electron chi connectivity index (χ0n) is 9.14. The molecule has 0 fully saturated rings. The molecule has 0 atom stereocenters. The summed E-state index contributed by atoms with van der Waals surface area (Å²) in [5, 5.41) is 11.8. The van der Waals surface area contributed by atoms with Crippen LogP contribution in [-0.4, -0.2) is 9.97 Å². The van der Waals surface area contributed by atoms with E-state index in [2.05, 4.69) is 16.0 Å². The molecule has 2 aromatic heterocycles. The number of thiazole rings is 1. The molecule has 2 rings (SSSR count). The van der Waals surface area contributed by atoms with E-state index in [1.54, 1.807) is 6.20 Å². The molecule has 0 radical (unpaired) electrons. The summed E-state index contributed by atoms with van der Waals surface area (Å²) in [5.74, 6) is 0. The zero-order valence-corrected chi connectivity index (χ0v) is 9.95. The third-order valence-electron chi connectivity index (χ3n) is 2.25. The molecule has 2 heterocycles. The van der Waals surface area contributed by atoms with Crippen molar-refractivity contribution in [1.29, 1.82) is 5.26 Å². The molecule has 3 nitrogen and oxygen atoms in total. The molecule has 16 heavy (non-hydrogen) atoms. The van der Waals surface area contributed by atoms with Gasteiger partial charge in [-0.3, -0.25) is 4.98 Å². The lowest BCUT2D eigenvalue weighted by Crippen LogP contribution is -2.13. The highest BCUT2D eigenvalue weighted by Gasteiger charge is 2.24. The van der Waals surface area contributed by atoms with E-state index in [0.717, 1.165) is 16.4 Å². The maximum Gasteiger partial charge on any atom is 0.113 e. The topological polar surface area (TPSA) is 49.6 Å². The van der Waals surface area contributed by atoms with Crippen molar-refractivity contribution < 1.29 is 0 Å². The Balaban J connectivity index is 2.39. The van der Waals surface area contributed by atoms with E-state index >= 15 is 0 Å². The van der Waals surface area contributed by atoms with Crippen molar-refractivity contribution in [2.75, 3.05) is 0 Å². The summed E-state index contributed by atoms with van der Waals surface area (Å²) in [7, 11) is 0. The highest BCUT2D eigenvalue weighted by atomic mass is 32.1. The minimum Gasteiger partial charge on any atom is -0.255 e. The molecule has 0 N–H and O–H groups in total. The number of hydrogen-bond acceptors (Lipinski definition) is 4. The summed E-state index contributed by atoms with van der Waals surface area (Å²) < 4.78 is 0. The normalized spacial score (nSPS) is 11.1. The summed E-state index contributed by atoms with van der Waals surface area (Å²) >= 11 is 1.50. The summed E-state index contributed by atoms with van der Waals surface area (Å²) in [6, 6.07) is 7.96. The van der Waals surface area contributed by atoms with E-state index in [-0.39, 0.29) is 0 Å². The zero-order chi connectivity index (χ0) is 11.6. The van der Waals surface area contributed by atoms with Crippen molar-refractivity contribution in [3.05, 3.63) is 34.8 Å². The molecule has 80 valence electrons. The number of nitriles is 1. The Bertz CT molecular complexity index is 523. The van der Waals surface area contributed by atoms with Gasteiger partial charge >= 0.3 is 0 Å². The van der Waals surface area contributed by atoms with Crippen LogP contribution in [0, 0.1) is 11.3 Å². The molecule has 0 spiro atoms. The number of aromatic nitrogens is 2. The van der Waals surface area contributed by atoms with Crippen LogP contribution in [0.4, 0.5) is 0 Å². The van der Waals surface area contributed by atoms with Gasteiger partial charge in [0, 0.05) is 11.6 Å². The van der Waals surface area contributed by atoms with Gasteiger partial charge in [-0.15, -0.1) is 11.3 Å². The van der Waals surface area contributed by atoms with Crippen LogP contribution in [0.5, 0.6) is 0 Å². The third kappa shape index (κ3) is 1.95. The minimum atomic E-state index is -0.530. The first-order valence-corrected chi connectivity index (χ1v) is 5.80. The van der Waals surface area contributed by atoms with E-state index in [4.69, 9.17) is 5.26 Å². The largest absolute Gasteiger partial charge is 0.255 e. The molecule has 0 aliphatic rings. The first-order chi connectivity index (χ1) is 7.63. The Morgan fingerprint density at radius 1 is 1.31 bits per heavy atom. The Kier molecular flexibility index (Phi) is 2.71. The smallest absolute Gasteiger partial charge is 0.113 e. The van der Waals surface area contributed by atoms with Crippen molar-refractivity contribution >= 4 is 11.3 Å². The second kappa shape index (κ2) is 4.03. The molecule has 0 saturated heterocycles. The van der Waals surface area contributed by atoms with Gasteiger partial charge in [0.25, 0.3) is 0 Å². The lowest BCUT2D eigenvalue weighted by Gasteiger charge is -2.09. The highest BCUT2D eigenvalue weighted by Crippen LogP contribution is 2.28. The summed E-state index contributed by atoms with van der Waals surface area (Å²) in [5.41, 5.74) is 1.15. The summed E-state index contributed by atoms with van der Waals surface area (Å²) in [4.78, 5) is 8.69. The van der Waals surface area contributed by atoms with Crippen LogP contribution in [0.3, 0.4) is 0 Å². The summed E-state index contributed by atoms with van der Waals surface area (Å²) in [6.07, 6.45) is 1.74. The SMILES string of the molecule is CC(C)(C#N)c1nc(-c2ccccn2)cs1. The Morgan fingerprint density at radius 2 is 2.12 bits per heavy atom. The van der Waals surface area contributed by atoms with E-state index < -0.39 is 5.41 Å². The van der Waals surface area contributed by atoms with Crippen molar-refractivity contribution in [2.24, 2.45) is 0 Å². The molecule has 2 aromatic rings. The van der Waals surface area contributed by atoms with Crippen molar-refractivity contribution in [3.63, 3.8) is 0 Å². The van der Waals surface area contributed by atoms with Gasteiger partial charge < -0.3 is 0 Å². The molecule has 0 unspecified atom stereocenters. The average Bonchev–Trinajstić information content (AvgIpc) is 2.80. The lowest BCUT2D eigenvalue weighted by atomic mass is 9.97. The molecule has 0 aliphatic heterocycles. The quantitative estimate of drug-likeness (QED) is 0.795. The Labute approximate surface area is 98.4 Å². The fourth-order valence-corrected chi connectivity index (χ4v) is 2.13. The van der Waals surface area contributed by atoms with Crippen LogP contribution < -0.4 is 0 Å². The number of rotatable bonds is 2. The Hall–Kier alpha value is -1.73. The van der Waals surface area contributed by atoms with Gasteiger partial charge in [-0.25, -0.2) is 4.98 Å². The van der Waals surface area contributed by atoms with Gasteiger partial charge in [0.1, 0.15) is 10.4 Å². The lowest BCUT2D eigenvalue weighted by molar-refractivity contribution is 0.680. The molecule has 0 aliphatic carbocycles. The fourth-order valence-electron chi connectivity index (χ4n) is 1.24. The molecular weight excluding hydrogens is 218 g/mol. The van der Waals surface area contributed by atoms with E-state index in [9.17, 15) is 0 Å². The molecule has 0 saturated carbocycles. The standard InChI is InChI=1S/C12H11N3S/c1-12(2,8-13)11-15-10(7-16-11)9-5-3-4-6-14-9/h3-7H,1-2H3. The molecule has 0 aromatic carbocycles. The monoisotopic (exact) mass is 229 g/mol. The van der Waals surface area contributed by atoms with Crippen LogP contribution in [0.2, 0.25) is 0 Å². The number of pyridine rings is 1. The van der Waals surface area contributed by atoms with Gasteiger partial charge in [-0.2, -0.15) is 5.26 Å². The van der Waals surface area contributed by atoms with Crippen LogP contribution in [0.25, 0.3) is 11.4 Å². The van der Waals surface area contributed by atoms with E-state index in [1.165, 1.54) is 11.3 Å². The van der Waals surface area contributed by atoms with Gasteiger partial charge in [-0.1, -0.05) is 6.07 Å². The molecule has 4 heteroatoms. The van der Waals surface area contributed by atoms with E-state index in [0.29, 0.717) is 0 Å². The second-order valence-corrected chi connectivity index (χ2v) is 4.85. The average molecular weight is 229 g/mol. The fraction of sp³-hybridized carbons (Fsp3) is 0.250. The highest BCUT2D eigenvalue weighted by molar-refractivity contribution is 7.10.